The largest absolute Gasteiger partial charge is 0.466 e. The molecule has 0 saturated carbocycles. The second-order valence-corrected chi connectivity index (χ2v) is 4.69. The lowest BCUT2D eigenvalue weighted by molar-refractivity contribution is -0.148. The fourth-order valence-electron chi connectivity index (χ4n) is 1.46. The van der Waals surface area contributed by atoms with Gasteiger partial charge in [0.1, 0.15) is 6.33 Å². The van der Waals surface area contributed by atoms with Crippen LogP contribution in [-0.4, -0.2) is 33.9 Å². The van der Waals surface area contributed by atoms with Crippen molar-refractivity contribution in [1.29, 1.82) is 0 Å². The summed E-state index contributed by atoms with van der Waals surface area (Å²) in [7, 11) is 1.28. The summed E-state index contributed by atoms with van der Waals surface area (Å²) in [6.07, 6.45) is 0.630. The Balaban J connectivity index is 2.18. The highest BCUT2D eigenvalue weighted by Crippen LogP contribution is 2.24. The maximum Gasteiger partial charge on any atom is 0.346 e. The molecular formula is C12H11Cl2N3O3. The molecule has 0 radical (unpaired) electrons. The van der Waals surface area contributed by atoms with Gasteiger partial charge in [-0.2, -0.15) is 4.98 Å². The number of nitrogens with zero attached hydrogens (tertiary/aromatic N) is 3. The van der Waals surface area contributed by atoms with Gasteiger partial charge in [-0.15, -0.1) is 5.10 Å². The van der Waals surface area contributed by atoms with Crippen molar-refractivity contribution in [2.45, 2.75) is 13.0 Å². The molecule has 20 heavy (non-hydrogen) atoms. The molecule has 2 aromatic rings. The average Bonchev–Trinajstić information content (AvgIpc) is 2.85. The van der Waals surface area contributed by atoms with Crippen LogP contribution in [0.4, 0.5) is 0 Å². The topological polar surface area (TPSA) is 66.2 Å². The molecule has 1 aromatic carbocycles. The first-order chi connectivity index (χ1) is 9.51. The van der Waals surface area contributed by atoms with Crippen LogP contribution in [0, 0.1) is 0 Å². The molecule has 0 aliphatic rings. The smallest absolute Gasteiger partial charge is 0.346 e. The Morgan fingerprint density at radius 1 is 1.40 bits per heavy atom. The number of benzene rings is 1. The minimum Gasteiger partial charge on any atom is -0.466 e. The van der Waals surface area contributed by atoms with E-state index in [4.69, 9.17) is 27.9 Å². The summed E-state index contributed by atoms with van der Waals surface area (Å²) in [5, 5.41) is 5.02. The zero-order chi connectivity index (χ0) is 14.7. The van der Waals surface area contributed by atoms with Gasteiger partial charge in [0.05, 0.1) is 17.8 Å². The molecule has 1 atom stereocenters. The van der Waals surface area contributed by atoms with Crippen LogP contribution in [0.5, 0.6) is 6.01 Å². The zero-order valence-electron chi connectivity index (χ0n) is 10.7. The monoisotopic (exact) mass is 315 g/mol. The van der Waals surface area contributed by atoms with Gasteiger partial charge >= 0.3 is 12.0 Å². The third-order valence-electron chi connectivity index (χ3n) is 2.44. The lowest BCUT2D eigenvalue weighted by Crippen LogP contribution is -2.25. The maximum atomic E-state index is 11.2. The summed E-state index contributed by atoms with van der Waals surface area (Å²) < 4.78 is 11.2. The highest BCUT2D eigenvalue weighted by Gasteiger charge is 2.17. The molecular weight excluding hydrogens is 305 g/mol. The van der Waals surface area contributed by atoms with Gasteiger partial charge in [0.2, 0.25) is 0 Å². The molecule has 1 unspecified atom stereocenters. The van der Waals surface area contributed by atoms with E-state index in [2.05, 4.69) is 14.8 Å². The SMILES string of the molecule is COC(=O)C(C)Oc1ncn(-c2ccc(Cl)cc2Cl)n1. The Kier molecular flexibility index (Phi) is 4.46. The predicted molar refractivity (Wildman–Crippen MR) is 73.5 cm³/mol. The molecule has 8 heteroatoms. The Morgan fingerprint density at radius 2 is 2.15 bits per heavy atom. The first-order valence-electron chi connectivity index (χ1n) is 5.63. The van der Waals surface area contributed by atoms with Crippen LogP contribution in [-0.2, 0) is 9.53 Å². The molecule has 1 heterocycles. The molecule has 0 aliphatic carbocycles. The van der Waals surface area contributed by atoms with Gasteiger partial charge in [-0.25, -0.2) is 9.48 Å². The van der Waals surface area contributed by atoms with Crippen molar-refractivity contribution in [3.63, 3.8) is 0 Å². The van der Waals surface area contributed by atoms with E-state index in [-0.39, 0.29) is 6.01 Å². The Bertz CT molecular complexity index is 630. The Labute approximate surface area is 125 Å². The van der Waals surface area contributed by atoms with E-state index in [0.29, 0.717) is 15.7 Å². The molecule has 0 saturated heterocycles. The molecule has 0 spiro atoms. The number of hydrogen-bond donors (Lipinski definition) is 0. The summed E-state index contributed by atoms with van der Waals surface area (Å²) in [4.78, 5) is 15.2. The Morgan fingerprint density at radius 3 is 2.80 bits per heavy atom. The molecule has 2 rings (SSSR count). The molecule has 106 valence electrons. The number of carbonyl (C=O) groups is 1. The fourth-order valence-corrected chi connectivity index (χ4v) is 1.95. The number of rotatable bonds is 4. The molecule has 1 aromatic heterocycles. The lowest BCUT2D eigenvalue weighted by atomic mass is 10.3. The standard InChI is InChI=1S/C12H11Cl2N3O3/c1-7(11(18)19-2)20-12-15-6-17(16-12)10-4-3-8(13)5-9(10)14/h3-7H,1-2H3. The molecule has 0 fully saturated rings. The molecule has 0 amide bonds. The fraction of sp³-hybridized carbons (Fsp3) is 0.250. The van der Waals surface area contributed by atoms with E-state index in [9.17, 15) is 4.79 Å². The number of methoxy groups -OCH3 is 1. The van der Waals surface area contributed by atoms with Crippen LogP contribution in [0.25, 0.3) is 5.69 Å². The number of carbonyl (C=O) groups excluding carboxylic acids is 1. The van der Waals surface area contributed by atoms with Crippen LogP contribution >= 0.6 is 23.2 Å². The normalized spacial score (nSPS) is 12.0. The summed E-state index contributed by atoms with van der Waals surface area (Å²) in [6, 6.07) is 5.03. The number of halogens is 2. The number of ether oxygens (including phenoxy) is 2. The van der Waals surface area contributed by atoms with E-state index in [0.717, 1.165) is 0 Å². The predicted octanol–water partition coefficient (Wildman–Crippen LogP) is 2.51. The van der Waals surface area contributed by atoms with Crippen molar-refractivity contribution in [3.05, 3.63) is 34.6 Å². The van der Waals surface area contributed by atoms with Crippen molar-refractivity contribution in [2.24, 2.45) is 0 Å². The van der Waals surface area contributed by atoms with Crippen LogP contribution in [0.3, 0.4) is 0 Å². The summed E-state index contributed by atoms with van der Waals surface area (Å²) in [5.74, 6) is -0.508. The third-order valence-corrected chi connectivity index (χ3v) is 2.98. The molecule has 0 bridgehead atoms. The highest BCUT2D eigenvalue weighted by molar-refractivity contribution is 6.35. The van der Waals surface area contributed by atoms with Crippen molar-refractivity contribution in [2.75, 3.05) is 7.11 Å². The number of hydrogen-bond acceptors (Lipinski definition) is 5. The van der Waals surface area contributed by atoms with Gasteiger partial charge in [-0.3, -0.25) is 0 Å². The molecule has 0 N–H and O–H groups in total. The second-order valence-electron chi connectivity index (χ2n) is 3.85. The third kappa shape index (κ3) is 3.20. The van der Waals surface area contributed by atoms with E-state index in [1.807, 2.05) is 0 Å². The van der Waals surface area contributed by atoms with Crippen LogP contribution in [0.2, 0.25) is 10.0 Å². The second kappa shape index (κ2) is 6.11. The van der Waals surface area contributed by atoms with E-state index in [1.165, 1.54) is 18.1 Å². The zero-order valence-corrected chi connectivity index (χ0v) is 12.2. The molecule has 6 nitrogen and oxygen atoms in total. The van der Waals surface area contributed by atoms with Gasteiger partial charge < -0.3 is 9.47 Å². The van der Waals surface area contributed by atoms with Gasteiger partial charge in [0.25, 0.3) is 0 Å². The Hall–Kier alpha value is -1.79. The summed E-state index contributed by atoms with van der Waals surface area (Å²) in [6.45, 7) is 1.54. The van der Waals surface area contributed by atoms with Crippen LogP contribution in [0.15, 0.2) is 24.5 Å². The lowest BCUT2D eigenvalue weighted by Gasteiger charge is -2.08. The van der Waals surface area contributed by atoms with Crippen molar-refractivity contribution in [3.8, 4) is 11.7 Å². The van der Waals surface area contributed by atoms with Gasteiger partial charge in [0.15, 0.2) is 6.10 Å². The first kappa shape index (κ1) is 14.6. The first-order valence-corrected chi connectivity index (χ1v) is 6.38. The van der Waals surface area contributed by atoms with Crippen molar-refractivity contribution >= 4 is 29.2 Å². The van der Waals surface area contributed by atoms with Gasteiger partial charge in [0, 0.05) is 5.02 Å². The average molecular weight is 316 g/mol. The van der Waals surface area contributed by atoms with Crippen LogP contribution in [0.1, 0.15) is 6.92 Å². The van der Waals surface area contributed by atoms with Crippen molar-refractivity contribution in [1.82, 2.24) is 14.8 Å². The minimum atomic E-state index is -0.795. The number of esters is 1. The van der Waals surface area contributed by atoms with E-state index < -0.39 is 12.1 Å². The summed E-state index contributed by atoms with van der Waals surface area (Å²) >= 11 is 11.9. The van der Waals surface area contributed by atoms with Crippen LogP contribution < -0.4 is 4.74 Å². The summed E-state index contributed by atoms with van der Waals surface area (Å²) in [5.41, 5.74) is 0.601. The van der Waals surface area contributed by atoms with E-state index in [1.54, 1.807) is 25.1 Å². The van der Waals surface area contributed by atoms with Crippen molar-refractivity contribution < 1.29 is 14.3 Å². The maximum absolute atomic E-state index is 11.2. The quantitative estimate of drug-likeness (QED) is 0.811. The van der Waals surface area contributed by atoms with E-state index >= 15 is 0 Å². The number of aromatic nitrogens is 3. The van der Waals surface area contributed by atoms with Gasteiger partial charge in [-0.1, -0.05) is 23.2 Å². The minimum absolute atomic E-state index is 0.0499. The highest BCUT2D eigenvalue weighted by atomic mass is 35.5. The molecule has 0 aliphatic heterocycles. The van der Waals surface area contributed by atoms with Gasteiger partial charge in [-0.05, 0) is 25.1 Å².